The van der Waals surface area contributed by atoms with E-state index in [0.29, 0.717) is 18.8 Å². The molecule has 0 bridgehead atoms. The van der Waals surface area contributed by atoms with Crippen LogP contribution in [0.1, 0.15) is 49.2 Å². The summed E-state index contributed by atoms with van der Waals surface area (Å²) in [5.41, 5.74) is 1.39. The van der Waals surface area contributed by atoms with E-state index >= 15 is 0 Å². The van der Waals surface area contributed by atoms with Crippen LogP contribution in [0.25, 0.3) is 0 Å². The number of ketones is 1. The average Bonchev–Trinajstić information content (AvgIpc) is 3.07. The van der Waals surface area contributed by atoms with Crippen molar-refractivity contribution in [2.45, 2.75) is 44.1 Å². The van der Waals surface area contributed by atoms with E-state index in [1.807, 2.05) is 6.07 Å². The van der Waals surface area contributed by atoms with E-state index in [1.54, 1.807) is 29.9 Å². The maximum Gasteiger partial charge on any atom is 0.293 e. The summed E-state index contributed by atoms with van der Waals surface area (Å²) in [6.07, 6.45) is 4.32. The van der Waals surface area contributed by atoms with Gasteiger partial charge in [0.05, 0.1) is 11.3 Å². The fourth-order valence-electron chi connectivity index (χ4n) is 4.18. The predicted octanol–water partition coefficient (Wildman–Crippen LogP) is 3.24. The summed E-state index contributed by atoms with van der Waals surface area (Å²) in [6, 6.07) is 13.8. The molecule has 144 valence electrons. The molecule has 0 saturated carbocycles. The lowest BCUT2D eigenvalue weighted by Gasteiger charge is -2.45. The molecule has 2 aromatic rings. The minimum absolute atomic E-state index is 0.0652. The molecule has 5 heteroatoms. The van der Waals surface area contributed by atoms with Crippen LogP contribution in [0.4, 0.5) is 0 Å². The number of nitrogens with zero attached hydrogens (tertiary/aromatic N) is 1. The number of carbonyl (C=O) groups excluding carboxylic acids is 2. The van der Waals surface area contributed by atoms with Gasteiger partial charge in [0, 0.05) is 31.8 Å². The van der Waals surface area contributed by atoms with Gasteiger partial charge in [-0.3, -0.25) is 9.59 Å². The molecule has 5 nitrogen and oxygen atoms in total. The van der Waals surface area contributed by atoms with Crippen LogP contribution in [0.5, 0.6) is 0 Å². The van der Waals surface area contributed by atoms with Crippen LogP contribution in [0, 0.1) is 0 Å². The fraction of sp³-hybridized carbons (Fsp3) is 0.455. The van der Waals surface area contributed by atoms with Gasteiger partial charge in [-0.2, -0.15) is 0 Å². The van der Waals surface area contributed by atoms with Gasteiger partial charge in [0.15, 0.2) is 0 Å². The Morgan fingerprint density at radius 3 is 2.52 bits per heavy atom. The third kappa shape index (κ3) is 4.30. The molecule has 3 rings (SSSR count). The lowest BCUT2D eigenvalue weighted by molar-refractivity contribution is -0.117. The number of carbonyl (C=O) groups is 2. The molecule has 1 unspecified atom stereocenters. The molecule has 1 fully saturated rings. The minimum Gasteiger partial charge on any atom is -0.376 e. The lowest BCUT2D eigenvalue weighted by atomic mass is 9.67. The van der Waals surface area contributed by atoms with E-state index in [4.69, 9.17) is 4.74 Å². The molecule has 1 aliphatic rings. The molecular weight excluding hydrogens is 340 g/mol. The maximum atomic E-state index is 12.3. The Balaban J connectivity index is 1.70. The largest absolute Gasteiger partial charge is 0.376 e. The van der Waals surface area contributed by atoms with Gasteiger partial charge in [0.2, 0.25) is 0 Å². The molecule has 1 amide bonds. The lowest BCUT2D eigenvalue weighted by Crippen LogP contribution is -2.46. The number of ether oxygens (including phenoxy) is 1. The first-order chi connectivity index (χ1) is 12.8. The molecule has 1 aromatic carbocycles. The zero-order valence-electron chi connectivity index (χ0n) is 16.3. The number of hydrogen-bond donors (Lipinski definition) is 1. The molecule has 1 aromatic heterocycles. The quantitative estimate of drug-likeness (QED) is 0.629. The standard InChI is InChI=1S/C22H28N2O3/c1-21(2)16-22(12-15-27-21,17-8-5-4-6-9-17)11-13-23-20(26)19(25)18-10-7-14-24(18)3/h4-10,14H,11-13,15-16H2,1-3H3,(H,23,26). The number of aryl methyl sites for hydroxylation is 1. The van der Waals surface area contributed by atoms with Crippen molar-refractivity contribution in [1.82, 2.24) is 9.88 Å². The highest BCUT2D eigenvalue weighted by Crippen LogP contribution is 2.43. The number of benzene rings is 1. The normalized spacial score (nSPS) is 21.6. The zero-order valence-corrected chi connectivity index (χ0v) is 16.3. The second-order valence-electron chi connectivity index (χ2n) is 8.02. The first kappa shape index (κ1) is 19.4. The minimum atomic E-state index is -0.550. The summed E-state index contributed by atoms with van der Waals surface area (Å²) < 4.78 is 7.59. The summed E-state index contributed by atoms with van der Waals surface area (Å²) in [5.74, 6) is -1.05. The van der Waals surface area contributed by atoms with Crippen molar-refractivity contribution in [3.63, 3.8) is 0 Å². The SMILES string of the molecule is Cn1cccc1C(=O)C(=O)NCCC1(c2ccccc2)CCOC(C)(C)C1. The van der Waals surface area contributed by atoms with Gasteiger partial charge in [0.1, 0.15) is 0 Å². The number of hydrogen-bond acceptors (Lipinski definition) is 3. The monoisotopic (exact) mass is 368 g/mol. The Kier molecular flexibility index (Phi) is 5.51. The molecule has 1 saturated heterocycles. The van der Waals surface area contributed by atoms with Gasteiger partial charge < -0.3 is 14.6 Å². The van der Waals surface area contributed by atoms with Crippen LogP contribution in [-0.2, 0) is 22.0 Å². The van der Waals surface area contributed by atoms with E-state index in [1.165, 1.54) is 5.56 Å². The summed E-state index contributed by atoms with van der Waals surface area (Å²) in [4.78, 5) is 24.6. The average molecular weight is 368 g/mol. The Morgan fingerprint density at radius 2 is 1.89 bits per heavy atom. The molecule has 1 atom stereocenters. The topological polar surface area (TPSA) is 60.3 Å². The van der Waals surface area contributed by atoms with E-state index in [0.717, 1.165) is 19.3 Å². The van der Waals surface area contributed by atoms with E-state index in [-0.39, 0.29) is 11.0 Å². The summed E-state index contributed by atoms with van der Waals surface area (Å²) in [5, 5.41) is 2.82. The second-order valence-corrected chi connectivity index (χ2v) is 8.02. The Labute approximate surface area is 160 Å². The third-order valence-electron chi connectivity index (χ3n) is 5.50. The summed E-state index contributed by atoms with van der Waals surface area (Å²) in [7, 11) is 1.76. The Bertz CT molecular complexity index is 810. The molecule has 1 aliphatic heterocycles. The smallest absolute Gasteiger partial charge is 0.293 e. The number of nitrogens with one attached hydrogen (secondary N) is 1. The van der Waals surface area contributed by atoms with Crippen molar-refractivity contribution in [2.24, 2.45) is 7.05 Å². The summed E-state index contributed by atoms with van der Waals surface area (Å²) >= 11 is 0. The van der Waals surface area contributed by atoms with Crippen LogP contribution in [0.2, 0.25) is 0 Å². The molecule has 0 spiro atoms. The Morgan fingerprint density at radius 1 is 1.15 bits per heavy atom. The van der Waals surface area contributed by atoms with Crippen LogP contribution in [-0.4, -0.2) is 35.0 Å². The first-order valence-electron chi connectivity index (χ1n) is 9.46. The fourth-order valence-corrected chi connectivity index (χ4v) is 4.18. The molecule has 0 radical (unpaired) electrons. The van der Waals surface area contributed by atoms with Gasteiger partial charge in [-0.1, -0.05) is 30.3 Å². The van der Waals surface area contributed by atoms with Crippen molar-refractivity contribution >= 4 is 11.7 Å². The molecule has 27 heavy (non-hydrogen) atoms. The van der Waals surface area contributed by atoms with Crippen molar-refractivity contribution in [1.29, 1.82) is 0 Å². The van der Waals surface area contributed by atoms with Gasteiger partial charge in [-0.15, -0.1) is 0 Å². The highest BCUT2D eigenvalue weighted by atomic mass is 16.5. The van der Waals surface area contributed by atoms with Gasteiger partial charge in [-0.05, 0) is 50.8 Å². The Hall–Kier alpha value is -2.40. The molecule has 2 heterocycles. The molecule has 1 N–H and O–H groups in total. The van der Waals surface area contributed by atoms with Crippen LogP contribution < -0.4 is 5.32 Å². The van der Waals surface area contributed by atoms with Gasteiger partial charge >= 0.3 is 0 Å². The zero-order chi connectivity index (χ0) is 19.5. The van der Waals surface area contributed by atoms with E-state index in [9.17, 15) is 9.59 Å². The number of Topliss-reactive ketones (excluding diaryl/α,β-unsaturated/α-hetero) is 1. The van der Waals surface area contributed by atoms with Crippen LogP contribution in [0.3, 0.4) is 0 Å². The molecular formula is C22H28N2O3. The third-order valence-corrected chi connectivity index (χ3v) is 5.50. The van der Waals surface area contributed by atoms with Crippen LogP contribution in [0.15, 0.2) is 48.7 Å². The first-order valence-corrected chi connectivity index (χ1v) is 9.46. The number of amides is 1. The summed E-state index contributed by atoms with van der Waals surface area (Å²) in [6.45, 7) is 5.38. The van der Waals surface area contributed by atoms with Crippen molar-refractivity contribution in [3.8, 4) is 0 Å². The van der Waals surface area contributed by atoms with Crippen molar-refractivity contribution in [2.75, 3.05) is 13.2 Å². The van der Waals surface area contributed by atoms with Crippen LogP contribution >= 0.6 is 0 Å². The van der Waals surface area contributed by atoms with Gasteiger partial charge in [-0.25, -0.2) is 0 Å². The highest BCUT2D eigenvalue weighted by molar-refractivity contribution is 6.42. The number of rotatable bonds is 6. The predicted molar refractivity (Wildman–Crippen MR) is 105 cm³/mol. The van der Waals surface area contributed by atoms with Gasteiger partial charge in [0.25, 0.3) is 11.7 Å². The van der Waals surface area contributed by atoms with Crippen molar-refractivity contribution in [3.05, 3.63) is 59.9 Å². The van der Waals surface area contributed by atoms with Crippen molar-refractivity contribution < 1.29 is 14.3 Å². The highest BCUT2D eigenvalue weighted by Gasteiger charge is 2.41. The number of aromatic nitrogens is 1. The van der Waals surface area contributed by atoms with E-state index in [2.05, 4.69) is 43.4 Å². The molecule has 0 aliphatic carbocycles. The maximum absolute atomic E-state index is 12.3. The van der Waals surface area contributed by atoms with E-state index < -0.39 is 11.7 Å². The second kappa shape index (κ2) is 7.69.